The van der Waals surface area contributed by atoms with Crippen molar-refractivity contribution in [2.24, 2.45) is 0 Å². The molecule has 160 valence electrons. The van der Waals surface area contributed by atoms with E-state index in [1.165, 1.54) is 4.90 Å². The van der Waals surface area contributed by atoms with Gasteiger partial charge in [0.15, 0.2) is 0 Å². The van der Waals surface area contributed by atoms with Crippen LogP contribution in [-0.4, -0.2) is 33.5 Å². The van der Waals surface area contributed by atoms with Gasteiger partial charge in [-0.1, -0.05) is 60.3 Å². The van der Waals surface area contributed by atoms with Gasteiger partial charge < -0.3 is 5.32 Å². The molecule has 32 heavy (non-hydrogen) atoms. The molecular formula is C22H16N4O4S2. The molecule has 0 radical (unpaired) electrons. The fourth-order valence-corrected chi connectivity index (χ4v) is 5.65. The van der Waals surface area contributed by atoms with Gasteiger partial charge >= 0.3 is 0 Å². The van der Waals surface area contributed by atoms with Crippen molar-refractivity contribution in [3.63, 3.8) is 0 Å². The second-order valence-electron chi connectivity index (χ2n) is 6.82. The normalized spacial score (nSPS) is 21.8. The average molecular weight is 465 g/mol. The highest BCUT2D eigenvalue weighted by Gasteiger charge is 2.50. The first kappa shape index (κ1) is 21.7. The molecule has 2 aromatic carbocycles. The van der Waals surface area contributed by atoms with Crippen molar-refractivity contribution in [2.45, 2.75) is 17.0 Å². The van der Waals surface area contributed by atoms with E-state index in [4.69, 9.17) is 0 Å². The Balaban J connectivity index is 1.69. The summed E-state index contributed by atoms with van der Waals surface area (Å²) >= 11 is 1.68. The summed E-state index contributed by atoms with van der Waals surface area (Å²) in [6.45, 7) is 0.209. The molecule has 2 fully saturated rings. The molecule has 2 saturated heterocycles. The maximum atomic E-state index is 13.3. The predicted octanol–water partition coefficient (Wildman–Crippen LogP) is 2.54. The van der Waals surface area contributed by atoms with Crippen molar-refractivity contribution >= 4 is 52.2 Å². The largest absolute Gasteiger partial charge is 0.347 e. The number of carbonyl (C=O) groups excluding carboxylic acids is 4. The molecule has 0 saturated carbocycles. The number of rotatable bonds is 5. The number of anilines is 1. The van der Waals surface area contributed by atoms with Crippen LogP contribution < -0.4 is 15.5 Å². The van der Waals surface area contributed by atoms with Gasteiger partial charge in [-0.15, -0.1) is 0 Å². The van der Waals surface area contributed by atoms with Crippen LogP contribution in [0.4, 0.5) is 10.5 Å². The van der Waals surface area contributed by atoms with Gasteiger partial charge in [-0.3, -0.25) is 29.4 Å². The molecule has 8 nitrogen and oxygen atoms in total. The molecule has 2 N–H and O–H groups in total. The Morgan fingerprint density at radius 2 is 1.66 bits per heavy atom. The Hall–Kier alpha value is -3.55. The number of nitrogens with one attached hydrogen (secondary N) is 2. The van der Waals surface area contributed by atoms with Gasteiger partial charge in [0.05, 0.1) is 0 Å². The number of carbonyl (C=O) groups is 4. The fourth-order valence-electron chi connectivity index (χ4n) is 3.27. The summed E-state index contributed by atoms with van der Waals surface area (Å²) in [7, 11) is 0. The van der Waals surface area contributed by atoms with Crippen molar-refractivity contribution in [1.82, 2.24) is 10.6 Å². The highest BCUT2D eigenvalue weighted by atomic mass is 32.2. The van der Waals surface area contributed by atoms with Crippen molar-refractivity contribution in [1.29, 1.82) is 5.26 Å². The van der Waals surface area contributed by atoms with E-state index in [0.29, 0.717) is 5.69 Å². The highest BCUT2D eigenvalue weighted by Crippen LogP contribution is 2.45. The van der Waals surface area contributed by atoms with E-state index < -0.39 is 33.5 Å². The van der Waals surface area contributed by atoms with Crippen molar-refractivity contribution < 1.29 is 19.2 Å². The number of nitrogens with zero attached hydrogens (tertiary/aromatic N) is 2. The first-order valence-corrected chi connectivity index (χ1v) is 11.3. The van der Waals surface area contributed by atoms with E-state index in [1.807, 2.05) is 36.4 Å². The Labute approximate surface area is 192 Å². The van der Waals surface area contributed by atoms with Gasteiger partial charge in [0.1, 0.15) is 27.2 Å². The van der Waals surface area contributed by atoms with Gasteiger partial charge in [-0.25, -0.2) is 0 Å². The lowest BCUT2D eigenvalue weighted by atomic mass is 10.2. The third-order valence-corrected chi connectivity index (χ3v) is 7.33. The van der Waals surface area contributed by atoms with E-state index in [2.05, 4.69) is 10.6 Å². The van der Waals surface area contributed by atoms with Crippen LogP contribution >= 0.6 is 23.5 Å². The zero-order chi connectivity index (χ0) is 22.7. The number of nitriles is 1. The third kappa shape index (κ3) is 4.26. The van der Waals surface area contributed by atoms with Gasteiger partial charge in [0.25, 0.3) is 11.1 Å². The number of thioether (sulfide) groups is 2. The fraction of sp³-hybridized carbons (Fsp3) is 0.136. The van der Waals surface area contributed by atoms with Crippen LogP contribution in [0.1, 0.15) is 5.56 Å². The smallest absolute Gasteiger partial charge is 0.286 e. The number of imide groups is 1. The summed E-state index contributed by atoms with van der Waals surface area (Å²) in [5, 5.41) is 12.4. The zero-order valence-electron chi connectivity index (χ0n) is 16.5. The van der Waals surface area contributed by atoms with Gasteiger partial charge in [0.2, 0.25) is 11.8 Å². The first-order chi connectivity index (χ1) is 15.5. The molecule has 0 spiro atoms. The monoisotopic (exact) mass is 464 g/mol. The summed E-state index contributed by atoms with van der Waals surface area (Å²) in [5.74, 6) is -1.66. The topological polar surface area (TPSA) is 119 Å². The molecule has 2 aromatic rings. The number of benzene rings is 2. The Morgan fingerprint density at radius 3 is 2.25 bits per heavy atom. The van der Waals surface area contributed by atoms with Crippen LogP contribution in [0, 0.1) is 11.3 Å². The standard InChI is InChI=1S/C22H16N4O4S2/c23-11-15(18(27)24-12-13-7-3-1-4-8-13)21-26(14-9-5-2-6-10-14)20(29)17(31-21)16-19(28)25-22(30)32-16/h1-10,16-17H,12H2,(H,24,27)(H,25,28,30)/b21-15-/t16-,17+/m0/s1. The predicted molar refractivity (Wildman–Crippen MR) is 121 cm³/mol. The third-order valence-electron chi connectivity index (χ3n) is 4.76. The Kier molecular flexibility index (Phi) is 6.30. The molecule has 2 aliphatic heterocycles. The lowest BCUT2D eigenvalue weighted by molar-refractivity contribution is -0.122. The number of hydrogen-bond donors (Lipinski definition) is 2. The molecular weight excluding hydrogens is 448 g/mol. The minimum absolute atomic E-state index is 0.131. The van der Waals surface area contributed by atoms with E-state index in [0.717, 1.165) is 29.1 Å². The molecule has 0 aromatic heterocycles. The van der Waals surface area contributed by atoms with Crippen molar-refractivity contribution in [2.75, 3.05) is 4.90 Å². The lowest BCUT2D eigenvalue weighted by Gasteiger charge is -2.19. The maximum Gasteiger partial charge on any atom is 0.286 e. The SMILES string of the molecule is N#C/C(C(=O)NCc1ccccc1)=C1/S[C@H]([C@@H]2SC(=O)NC2=O)C(=O)N1c1ccccc1. The van der Waals surface area contributed by atoms with E-state index in [9.17, 15) is 24.4 Å². The van der Waals surface area contributed by atoms with Crippen LogP contribution in [0.2, 0.25) is 0 Å². The molecule has 0 aliphatic carbocycles. The number of para-hydroxylation sites is 1. The second-order valence-corrected chi connectivity index (χ2v) is 9.07. The second kappa shape index (κ2) is 9.30. The van der Waals surface area contributed by atoms with E-state index >= 15 is 0 Å². The number of hydrogen-bond acceptors (Lipinski definition) is 7. The van der Waals surface area contributed by atoms with E-state index in [1.54, 1.807) is 30.3 Å². The van der Waals surface area contributed by atoms with Gasteiger partial charge in [0, 0.05) is 12.2 Å². The molecule has 10 heteroatoms. The Morgan fingerprint density at radius 1 is 1.00 bits per heavy atom. The van der Waals surface area contributed by atoms with E-state index in [-0.39, 0.29) is 17.1 Å². The minimum Gasteiger partial charge on any atom is -0.347 e. The quantitative estimate of drug-likeness (QED) is 0.515. The van der Waals surface area contributed by atoms with Crippen LogP contribution in [0.3, 0.4) is 0 Å². The van der Waals surface area contributed by atoms with Crippen LogP contribution in [0.25, 0.3) is 0 Å². The maximum absolute atomic E-state index is 13.3. The van der Waals surface area contributed by atoms with Crippen LogP contribution in [0.5, 0.6) is 0 Å². The zero-order valence-corrected chi connectivity index (χ0v) is 18.1. The first-order valence-electron chi connectivity index (χ1n) is 9.53. The molecule has 4 amide bonds. The molecule has 2 aliphatic rings. The summed E-state index contributed by atoms with van der Waals surface area (Å²) in [5.41, 5.74) is 1.08. The van der Waals surface area contributed by atoms with Crippen LogP contribution in [-0.2, 0) is 20.9 Å². The molecule has 4 rings (SSSR count). The average Bonchev–Trinajstić information content (AvgIpc) is 3.32. The molecule has 0 bridgehead atoms. The molecule has 2 atom stereocenters. The lowest BCUT2D eigenvalue weighted by Crippen LogP contribution is -2.38. The summed E-state index contributed by atoms with van der Waals surface area (Å²) in [4.78, 5) is 51.3. The van der Waals surface area contributed by atoms with Crippen molar-refractivity contribution in [3.8, 4) is 6.07 Å². The van der Waals surface area contributed by atoms with Crippen LogP contribution in [0.15, 0.2) is 71.3 Å². The summed E-state index contributed by atoms with van der Waals surface area (Å²) < 4.78 is 0. The van der Waals surface area contributed by atoms with Gasteiger partial charge in [-0.05, 0) is 29.5 Å². The van der Waals surface area contributed by atoms with Crippen molar-refractivity contribution in [3.05, 3.63) is 76.8 Å². The number of amides is 4. The molecule has 0 unspecified atom stereocenters. The summed E-state index contributed by atoms with van der Waals surface area (Å²) in [6, 6.07) is 19.7. The highest BCUT2D eigenvalue weighted by molar-refractivity contribution is 8.16. The minimum atomic E-state index is -0.952. The molecule has 2 heterocycles. The van der Waals surface area contributed by atoms with Gasteiger partial charge in [-0.2, -0.15) is 5.26 Å². The Bertz CT molecular complexity index is 1160. The summed E-state index contributed by atoms with van der Waals surface area (Å²) in [6.07, 6.45) is 0.